The van der Waals surface area contributed by atoms with E-state index in [9.17, 15) is 0 Å². The molecule has 0 atom stereocenters. The summed E-state index contributed by atoms with van der Waals surface area (Å²) in [7, 11) is 0. The van der Waals surface area contributed by atoms with Gasteiger partial charge in [-0.15, -0.1) is 11.3 Å². The quantitative estimate of drug-likeness (QED) is 0.695. The van der Waals surface area contributed by atoms with Crippen molar-refractivity contribution in [2.24, 2.45) is 5.41 Å². The molecule has 0 saturated heterocycles. The van der Waals surface area contributed by atoms with Crippen LogP contribution in [0.2, 0.25) is 0 Å². The van der Waals surface area contributed by atoms with Crippen molar-refractivity contribution in [3.05, 3.63) is 21.9 Å². The van der Waals surface area contributed by atoms with Crippen LogP contribution in [0.3, 0.4) is 0 Å². The molecule has 1 fully saturated rings. The van der Waals surface area contributed by atoms with E-state index in [0.717, 1.165) is 0 Å². The second-order valence-corrected chi connectivity index (χ2v) is 8.04. The van der Waals surface area contributed by atoms with Crippen LogP contribution in [0.25, 0.3) is 0 Å². The molecule has 2 rings (SSSR count). The molecule has 0 radical (unpaired) electrons. The lowest BCUT2D eigenvalue weighted by molar-refractivity contribution is 0.243. The molecular weight excluding hydrogens is 262 g/mol. The molecule has 0 unspecified atom stereocenters. The van der Waals surface area contributed by atoms with Crippen molar-refractivity contribution >= 4 is 11.3 Å². The lowest BCUT2D eigenvalue weighted by atomic mass is 9.78. The highest BCUT2D eigenvalue weighted by Gasteiger charge is 2.32. The normalized spacial score (nSPS) is 18.0. The lowest BCUT2D eigenvalue weighted by Crippen LogP contribution is -2.29. The third-order valence-electron chi connectivity index (χ3n) is 4.84. The third kappa shape index (κ3) is 4.60. The predicted octanol–water partition coefficient (Wildman–Crippen LogP) is 5.19. The molecule has 114 valence electrons. The van der Waals surface area contributed by atoms with Crippen LogP contribution in [-0.2, 0) is 12.8 Å². The molecule has 1 aromatic rings. The molecule has 1 nitrogen and oxygen atoms in total. The molecule has 0 aromatic carbocycles. The SMILES string of the molecule is CCc1ccc(CCC2(CCNC(C)C)CCCC2)s1. The first-order valence-corrected chi connectivity index (χ1v) is 9.26. The molecule has 0 bridgehead atoms. The van der Waals surface area contributed by atoms with Crippen LogP contribution >= 0.6 is 11.3 Å². The minimum Gasteiger partial charge on any atom is -0.315 e. The van der Waals surface area contributed by atoms with Crippen molar-refractivity contribution in [3.8, 4) is 0 Å². The van der Waals surface area contributed by atoms with E-state index in [1.807, 2.05) is 11.3 Å². The van der Waals surface area contributed by atoms with E-state index < -0.39 is 0 Å². The van der Waals surface area contributed by atoms with E-state index in [2.05, 4.69) is 38.2 Å². The number of rotatable bonds is 8. The zero-order valence-corrected chi connectivity index (χ0v) is 14.3. The molecule has 1 aliphatic carbocycles. The summed E-state index contributed by atoms with van der Waals surface area (Å²) in [6, 6.07) is 5.30. The molecule has 1 aliphatic rings. The van der Waals surface area contributed by atoms with Gasteiger partial charge in [0.05, 0.1) is 0 Å². The highest BCUT2D eigenvalue weighted by molar-refractivity contribution is 7.11. The van der Waals surface area contributed by atoms with Crippen LogP contribution in [0.15, 0.2) is 12.1 Å². The summed E-state index contributed by atoms with van der Waals surface area (Å²) in [5, 5.41) is 3.61. The Morgan fingerprint density at radius 3 is 2.45 bits per heavy atom. The molecule has 20 heavy (non-hydrogen) atoms. The van der Waals surface area contributed by atoms with Crippen molar-refractivity contribution in [3.63, 3.8) is 0 Å². The average Bonchev–Trinajstić information content (AvgIpc) is 3.05. The van der Waals surface area contributed by atoms with Crippen LogP contribution in [0, 0.1) is 5.41 Å². The number of hydrogen-bond donors (Lipinski definition) is 1. The van der Waals surface area contributed by atoms with Crippen molar-refractivity contribution in [1.82, 2.24) is 5.32 Å². The summed E-state index contributed by atoms with van der Waals surface area (Å²) in [6.07, 6.45) is 11.1. The zero-order valence-electron chi connectivity index (χ0n) is 13.5. The molecule has 0 spiro atoms. The van der Waals surface area contributed by atoms with Gasteiger partial charge in [-0.3, -0.25) is 0 Å². The van der Waals surface area contributed by atoms with Gasteiger partial charge in [-0.2, -0.15) is 0 Å². The van der Waals surface area contributed by atoms with E-state index in [0.29, 0.717) is 11.5 Å². The van der Waals surface area contributed by atoms with Crippen molar-refractivity contribution in [1.29, 1.82) is 0 Å². The van der Waals surface area contributed by atoms with Crippen molar-refractivity contribution in [2.45, 2.75) is 78.2 Å². The van der Waals surface area contributed by atoms with Gasteiger partial charge in [-0.25, -0.2) is 0 Å². The second-order valence-electron chi connectivity index (χ2n) is 6.79. The number of aryl methyl sites for hydroxylation is 2. The Hall–Kier alpha value is -0.340. The molecule has 2 heteroatoms. The minimum atomic E-state index is 0.623. The van der Waals surface area contributed by atoms with Gasteiger partial charge in [0.1, 0.15) is 0 Å². The van der Waals surface area contributed by atoms with Crippen LogP contribution in [0.4, 0.5) is 0 Å². The van der Waals surface area contributed by atoms with E-state index >= 15 is 0 Å². The van der Waals surface area contributed by atoms with E-state index in [1.165, 1.54) is 57.9 Å². The van der Waals surface area contributed by atoms with E-state index in [4.69, 9.17) is 0 Å². The van der Waals surface area contributed by atoms with Crippen LogP contribution in [0.5, 0.6) is 0 Å². The maximum atomic E-state index is 3.61. The zero-order chi connectivity index (χ0) is 14.4. The summed E-state index contributed by atoms with van der Waals surface area (Å²) < 4.78 is 0. The Bertz CT molecular complexity index is 388. The fourth-order valence-corrected chi connectivity index (χ4v) is 4.47. The monoisotopic (exact) mass is 293 g/mol. The maximum absolute atomic E-state index is 3.61. The molecule has 1 heterocycles. The Kier molecular flexibility index (Phi) is 6.10. The van der Waals surface area contributed by atoms with Crippen LogP contribution < -0.4 is 5.32 Å². The molecular formula is C18H31NS. The first-order chi connectivity index (χ1) is 9.63. The van der Waals surface area contributed by atoms with Gasteiger partial charge >= 0.3 is 0 Å². The van der Waals surface area contributed by atoms with Gasteiger partial charge in [0.2, 0.25) is 0 Å². The van der Waals surface area contributed by atoms with Gasteiger partial charge < -0.3 is 5.32 Å². The smallest absolute Gasteiger partial charge is 0.00483 e. The van der Waals surface area contributed by atoms with Gasteiger partial charge in [0.15, 0.2) is 0 Å². The summed E-state index contributed by atoms with van der Waals surface area (Å²) in [5.41, 5.74) is 0.637. The topological polar surface area (TPSA) is 12.0 Å². The fraction of sp³-hybridized carbons (Fsp3) is 0.778. The molecule has 1 aromatic heterocycles. The average molecular weight is 294 g/mol. The molecule has 0 amide bonds. The fourth-order valence-electron chi connectivity index (χ4n) is 3.51. The summed E-state index contributed by atoms with van der Waals surface area (Å²) in [5.74, 6) is 0. The second kappa shape index (κ2) is 7.61. The Labute approximate surface area is 129 Å². The summed E-state index contributed by atoms with van der Waals surface area (Å²) >= 11 is 2.03. The van der Waals surface area contributed by atoms with E-state index in [-0.39, 0.29) is 0 Å². The number of hydrogen-bond acceptors (Lipinski definition) is 2. The van der Waals surface area contributed by atoms with Crippen LogP contribution in [0.1, 0.15) is 69.1 Å². The standard InChI is InChI=1S/C18H31NS/c1-4-16-7-8-17(20-16)9-12-18(10-5-6-11-18)13-14-19-15(2)3/h7-8,15,19H,4-6,9-14H2,1-3H3. The van der Waals surface area contributed by atoms with Crippen LogP contribution in [-0.4, -0.2) is 12.6 Å². The Morgan fingerprint density at radius 1 is 1.15 bits per heavy atom. The Morgan fingerprint density at radius 2 is 1.85 bits per heavy atom. The van der Waals surface area contributed by atoms with Gasteiger partial charge in [-0.05, 0) is 62.6 Å². The van der Waals surface area contributed by atoms with Crippen molar-refractivity contribution in [2.75, 3.05) is 6.54 Å². The molecule has 1 N–H and O–H groups in total. The molecule has 1 saturated carbocycles. The first kappa shape index (κ1) is 16.0. The Balaban J connectivity index is 1.85. The minimum absolute atomic E-state index is 0.623. The first-order valence-electron chi connectivity index (χ1n) is 8.44. The van der Waals surface area contributed by atoms with Gasteiger partial charge in [0, 0.05) is 15.8 Å². The van der Waals surface area contributed by atoms with E-state index in [1.54, 1.807) is 9.75 Å². The van der Waals surface area contributed by atoms with Gasteiger partial charge in [-0.1, -0.05) is 33.6 Å². The summed E-state index contributed by atoms with van der Waals surface area (Å²) in [6.45, 7) is 7.95. The maximum Gasteiger partial charge on any atom is 0.00483 e. The third-order valence-corrected chi connectivity index (χ3v) is 6.13. The number of nitrogens with one attached hydrogen (secondary N) is 1. The number of thiophene rings is 1. The highest BCUT2D eigenvalue weighted by Crippen LogP contribution is 2.44. The lowest BCUT2D eigenvalue weighted by Gasteiger charge is -2.29. The molecule has 0 aliphatic heterocycles. The van der Waals surface area contributed by atoms with Gasteiger partial charge in [0.25, 0.3) is 0 Å². The van der Waals surface area contributed by atoms with Crippen molar-refractivity contribution < 1.29 is 0 Å². The highest BCUT2D eigenvalue weighted by atomic mass is 32.1. The summed E-state index contributed by atoms with van der Waals surface area (Å²) in [4.78, 5) is 3.15. The predicted molar refractivity (Wildman–Crippen MR) is 90.7 cm³/mol. The largest absolute Gasteiger partial charge is 0.315 e.